The van der Waals surface area contributed by atoms with Crippen molar-refractivity contribution in [1.29, 1.82) is 0 Å². The van der Waals surface area contributed by atoms with Gasteiger partial charge < -0.3 is 14.5 Å². The number of benzene rings is 2. The first-order chi connectivity index (χ1) is 21.0. The second-order valence-corrected chi connectivity index (χ2v) is 11.6. The minimum atomic E-state index is -4.53. The van der Waals surface area contributed by atoms with E-state index in [1.807, 2.05) is 4.90 Å². The third kappa shape index (κ3) is 6.34. The zero-order valence-electron chi connectivity index (χ0n) is 23.6. The molecule has 1 aliphatic rings. The van der Waals surface area contributed by atoms with Crippen LogP contribution in [0.4, 0.5) is 24.5 Å². The van der Waals surface area contributed by atoms with Gasteiger partial charge in [0.05, 0.1) is 7.11 Å². The van der Waals surface area contributed by atoms with Crippen LogP contribution in [0.5, 0.6) is 5.88 Å². The van der Waals surface area contributed by atoms with Crippen LogP contribution in [0.1, 0.15) is 6.92 Å². The van der Waals surface area contributed by atoms with E-state index in [-0.39, 0.29) is 28.8 Å². The van der Waals surface area contributed by atoms with Gasteiger partial charge in [0.1, 0.15) is 33.6 Å². The Kier molecular flexibility index (Phi) is 8.54. The highest BCUT2D eigenvalue weighted by atomic mass is 32.2. The number of piperazine rings is 1. The lowest BCUT2D eigenvalue weighted by Crippen LogP contribution is -2.48. The Bertz CT molecular complexity index is 1910. The summed E-state index contributed by atoms with van der Waals surface area (Å²) >= 11 is 0. The van der Waals surface area contributed by atoms with Crippen molar-refractivity contribution in [3.05, 3.63) is 84.5 Å². The first-order valence-electron chi connectivity index (χ1n) is 13.3. The summed E-state index contributed by atoms with van der Waals surface area (Å²) in [4.78, 5) is 34.7. The van der Waals surface area contributed by atoms with Gasteiger partial charge in [0.25, 0.3) is 10.0 Å². The number of pyridine rings is 2. The molecule has 1 amide bonds. The molecule has 0 unspecified atom stereocenters. The maximum absolute atomic E-state index is 15.4. The summed E-state index contributed by atoms with van der Waals surface area (Å²) in [5.74, 6) is -3.48. The molecule has 0 atom stereocenters. The molecule has 1 fully saturated rings. The normalized spacial score (nSPS) is 13.8. The summed E-state index contributed by atoms with van der Waals surface area (Å²) in [5, 5.41) is 0.477. The number of halogens is 3. The molecule has 1 saturated heterocycles. The summed E-state index contributed by atoms with van der Waals surface area (Å²) in [6.07, 6.45) is 5.32. The van der Waals surface area contributed by atoms with Gasteiger partial charge in [0.15, 0.2) is 5.78 Å². The van der Waals surface area contributed by atoms with Crippen LogP contribution < -0.4 is 14.4 Å². The van der Waals surface area contributed by atoms with Crippen molar-refractivity contribution < 1.29 is 35.9 Å². The second kappa shape index (κ2) is 12.3. The second-order valence-electron chi connectivity index (χ2n) is 9.90. The summed E-state index contributed by atoms with van der Waals surface area (Å²) in [5.41, 5.74) is 1.29. The van der Waals surface area contributed by atoms with Gasteiger partial charge in [-0.2, -0.15) is 0 Å². The van der Waals surface area contributed by atoms with E-state index >= 15 is 4.39 Å². The minimum Gasteiger partial charge on any atom is -0.480 e. The van der Waals surface area contributed by atoms with Crippen molar-refractivity contribution in [2.45, 2.75) is 11.8 Å². The van der Waals surface area contributed by atoms with Gasteiger partial charge >= 0.3 is 0 Å². The Morgan fingerprint density at radius 1 is 0.932 bits per heavy atom. The molecule has 2 aromatic heterocycles. The molecule has 2 aromatic carbocycles. The number of amides is 1. The fraction of sp³-hybridized carbons (Fsp3) is 0.200. The predicted octanol–water partition coefficient (Wildman–Crippen LogP) is 4.32. The van der Waals surface area contributed by atoms with Crippen molar-refractivity contribution in [2.75, 3.05) is 42.9 Å². The van der Waals surface area contributed by atoms with Crippen molar-refractivity contribution in [2.24, 2.45) is 0 Å². The van der Waals surface area contributed by atoms with Crippen LogP contribution in [0.2, 0.25) is 0 Å². The molecule has 5 rings (SSSR count). The zero-order chi connectivity index (χ0) is 31.6. The molecule has 0 saturated carbocycles. The quantitative estimate of drug-likeness (QED) is 0.288. The molecular formula is C30H26F3N5O5S. The highest BCUT2D eigenvalue weighted by Gasteiger charge is 2.24. The fourth-order valence-electron chi connectivity index (χ4n) is 4.84. The molecule has 3 heterocycles. The van der Waals surface area contributed by atoms with Crippen LogP contribution in [0.3, 0.4) is 0 Å². The lowest BCUT2D eigenvalue weighted by Gasteiger charge is -2.36. The Labute approximate surface area is 250 Å². The molecular weight excluding hydrogens is 599 g/mol. The number of carbonyl (C=O) groups excluding carboxylic acids is 2. The average molecular weight is 626 g/mol. The number of carbonyl (C=O) groups is 2. The Morgan fingerprint density at radius 2 is 1.68 bits per heavy atom. The molecule has 0 bridgehead atoms. The average Bonchev–Trinajstić information content (AvgIpc) is 2.99. The van der Waals surface area contributed by atoms with Crippen molar-refractivity contribution in [3.8, 4) is 17.0 Å². The SMILES string of the molecule is COc1ncc(-c2cc(F)c3nccc(N4CCN(C(=O)/C=C/C(C)=O)CC4)c3c2)cc1NS(=O)(=O)c1ccc(F)cc1F. The topological polar surface area (TPSA) is 122 Å². The van der Waals surface area contributed by atoms with Crippen LogP contribution in [0.25, 0.3) is 22.0 Å². The number of rotatable bonds is 8. The molecule has 228 valence electrons. The van der Waals surface area contributed by atoms with E-state index in [1.165, 1.54) is 50.7 Å². The first-order valence-corrected chi connectivity index (χ1v) is 14.8. The third-order valence-electron chi connectivity index (χ3n) is 6.97. The van der Waals surface area contributed by atoms with Crippen LogP contribution in [-0.4, -0.2) is 68.3 Å². The molecule has 0 radical (unpaired) electrons. The predicted molar refractivity (Wildman–Crippen MR) is 157 cm³/mol. The number of nitrogens with zero attached hydrogens (tertiary/aromatic N) is 4. The van der Waals surface area contributed by atoms with E-state index in [4.69, 9.17) is 4.74 Å². The summed E-state index contributed by atoms with van der Waals surface area (Å²) in [6, 6.07) is 8.09. The van der Waals surface area contributed by atoms with Gasteiger partial charge in [-0.3, -0.25) is 19.3 Å². The van der Waals surface area contributed by atoms with Gasteiger partial charge in [-0.1, -0.05) is 0 Å². The van der Waals surface area contributed by atoms with Gasteiger partial charge in [-0.15, -0.1) is 0 Å². The number of hydrogen-bond acceptors (Lipinski definition) is 8. The smallest absolute Gasteiger partial charge is 0.264 e. The first kappa shape index (κ1) is 30.5. The number of hydrogen-bond donors (Lipinski definition) is 1. The van der Waals surface area contributed by atoms with E-state index in [2.05, 4.69) is 14.7 Å². The maximum Gasteiger partial charge on any atom is 0.264 e. The Morgan fingerprint density at radius 3 is 2.36 bits per heavy atom. The number of nitrogens with one attached hydrogen (secondary N) is 1. The van der Waals surface area contributed by atoms with E-state index in [9.17, 15) is 26.8 Å². The van der Waals surface area contributed by atoms with Crippen molar-refractivity contribution in [1.82, 2.24) is 14.9 Å². The van der Waals surface area contributed by atoms with Gasteiger partial charge in [0, 0.05) is 67.4 Å². The highest BCUT2D eigenvalue weighted by molar-refractivity contribution is 7.92. The molecule has 14 heteroatoms. The fourth-order valence-corrected chi connectivity index (χ4v) is 5.95. The van der Waals surface area contributed by atoms with Crippen molar-refractivity contribution in [3.63, 3.8) is 0 Å². The number of anilines is 2. The lowest BCUT2D eigenvalue weighted by atomic mass is 10.0. The van der Waals surface area contributed by atoms with E-state index in [0.29, 0.717) is 54.4 Å². The van der Waals surface area contributed by atoms with Gasteiger partial charge in [0.2, 0.25) is 11.8 Å². The van der Waals surface area contributed by atoms with Crippen molar-refractivity contribution >= 4 is 44.0 Å². The minimum absolute atomic E-state index is 0.114. The number of aromatic nitrogens is 2. The van der Waals surface area contributed by atoms with Crippen LogP contribution in [-0.2, 0) is 19.6 Å². The zero-order valence-corrected chi connectivity index (χ0v) is 24.4. The molecule has 44 heavy (non-hydrogen) atoms. The van der Waals surface area contributed by atoms with E-state index in [1.54, 1.807) is 17.0 Å². The largest absolute Gasteiger partial charge is 0.480 e. The summed E-state index contributed by atoms with van der Waals surface area (Å²) < 4.78 is 76.4. The number of allylic oxidation sites excluding steroid dienone is 1. The molecule has 1 aliphatic heterocycles. The van der Waals surface area contributed by atoms with Crippen LogP contribution in [0.15, 0.2) is 71.9 Å². The van der Waals surface area contributed by atoms with E-state index < -0.39 is 32.4 Å². The van der Waals surface area contributed by atoms with Gasteiger partial charge in [-0.25, -0.2) is 26.6 Å². The molecule has 10 nitrogen and oxygen atoms in total. The number of sulfonamides is 1. The molecule has 4 aromatic rings. The van der Waals surface area contributed by atoms with Gasteiger partial charge in [-0.05, 0) is 55.0 Å². The number of methoxy groups -OCH3 is 1. The Balaban J connectivity index is 1.47. The van der Waals surface area contributed by atoms with E-state index in [0.717, 1.165) is 12.1 Å². The number of fused-ring (bicyclic) bond motifs is 1. The standard InChI is InChI=1S/C30H26F3N5O5S/c1-18(39)3-6-28(40)38-11-9-37(10-12-38)26-7-8-34-29-22(26)13-19(14-24(29)33)20-15-25(30(43-2)35-17-20)36-44(41,42)27-5-4-21(31)16-23(27)32/h3-8,13-17,36H,9-12H2,1-2H3/b6-3+. The lowest BCUT2D eigenvalue weighted by molar-refractivity contribution is -0.126. The maximum atomic E-state index is 15.4. The van der Waals surface area contributed by atoms with Crippen LogP contribution in [0, 0.1) is 17.5 Å². The molecule has 0 spiro atoms. The molecule has 1 N–H and O–H groups in total. The van der Waals surface area contributed by atoms with Crippen LogP contribution >= 0.6 is 0 Å². The third-order valence-corrected chi connectivity index (χ3v) is 8.37. The molecule has 0 aliphatic carbocycles. The Hall–Kier alpha value is -4.98. The monoisotopic (exact) mass is 625 g/mol. The highest BCUT2D eigenvalue weighted by Crippen LogP contribution is 2.35. The number of ether oxygens (including phenoxy) is 1. The summed E-state index contributed by atoms with van der Waals surface area (Å²) in [6.45, 7) is 3.02. The number of ketones is 1. The summed E-state index contributed by atoms with van der Waals surface area (Å²) in [7, 11) is -3.26.